The fourth-order valence-electron chi connectivity index (χ4n) is 2.88. The summed E-state index contributed by atoms with van der Waals surface area (Å²) in [6.07, 6.45) is 0.890. The van der Waals surface area contributed by atoms with Gasteiger partial charge in [0.25, 0.3) is 0 Å². The third kappa shape index (κ3) is 4.35. The Morgan fingerprint density at radius 1 is 1.04 bits per heavy atom. The number of imide groups is 1. The maximum absolute atomic E-state index is 12.4. The van der Waals surface area contributed by atoms with Crippen LogP contribution in [0.2, 0.25) is 0 Å². The Labute approximate surface area is 158 Å². The average Bonchev–Trinajstić information content (AvgIpc) is 3.00. The van der Waals surface area contributed by atoms with E-state index in [0.717, 1.165) is 16.2 Å². The number of methoxy groups -OCH3 is 1. The number of sulfonamides is 1. The van der Waals surface area contributed by atoms with E-state index < -0.39 is 10.0 Å². The first kappa shape index (κ1) is 19.1. The number of carbonyl (C=O) groups excluding carboxylic acids is 2. The van der Waals surface area contributed by atoms with Crippen molar-refractivity contribution in [3.05, 3.63) is 54.1 Å². The van der Waals surface area contributed by atoms with E-state index in [1.54, 1.807) is 7.11 Å². The highest BCUT2D eigenvalue weighted by molar-refractivity contribution is 7.89. The van der Waals surface area contributed by atoms with E-state index >= 15 is 0 Å². The van der Waals surface area contributed by atoms with Gasteiger partial charge in [0.2, 0.25) is 21.8 Å². The molecule has 0 bridgehead atoms. The molecule has 0 spiro atoms. The Morgan fingerprint density at radius 3 is 2.33 bits per heavy atom. The first-order chi connectivity index (χ1) is 12.9. The van der Waals surface area contributed by atoms with Gasteiger partial charge in [0.05, 0.1) is 17.7 Å². The molecule has 2 aromatic carbocycles. The highest BCUT2D eigenvalue weighted by Crippen LogP contribution is 2.24. The number of nitrogens with one attached hydrogen (secondary N) is 1. The molecule has 0 radical (unpaired) electrons. The molecule has 2 aromatic rings. The molecular weight excluding hydrogens is 368 g/mol. The lowest BCUT2D eigenvalue weighted by molar-refractivity contribution is -0.121. The van der Waals surface area contributed by atoms with Crippen LogP contribution in [0.15, 0.2) is 53.4 Å². The van der Waals surface area contributed by atoms with Gasteiger partial charge >= 0.3 is 0 Å². The molecule has 1 N–H and O–H groups in total. The zero-order valence-corrected chi connectivity index (χ0v) is 15.7. The van der Waals surface area contributed by atoms with Crippen molar-refractivity contribution in [1.82, 2.24) is 4.72 Å². The van der Waals surface area contributed by atoms with Crippen molar-refractivity contribution >= 4 is 27.5 Å². The number of ether oxygens (including phenoxy) is 1. The minimum atomic E-state index is -3.68. The predicted octanol–water partition coefficient (Wildman–Crippen LogP) is 1.87. The predicted molar refractivity (Wildman–Crippen MR) is 100 cm³/mol. The van der Waals surface area contributed by atoms with Crippen molar-refractivity contribution in [3.8, 4) is 5.75 Å². The van der Waals surface area contributed by atoms with E-state index in [2.05, 4.69) is 4.72 Å². The Morgan fingerprint density at radius 2 is 1.70 bits per heavy atom. The number of anilines is 1. The largest absolute Gasteiger partial charge is 0.497 e. The van der Waals surface area contributed by atoms with Gasteiger partial charge in [-0.1, -0.05) is 12.1 Å². The molecule has 1 aliphatic rings. The summed E-state index contributed by atoms with van der Waals surface area (Å²) < 4.78 is 32.5. The third-order valence-corrected chi connectivity index (χ3v) is 5.77. The monoisotopic (exact) mass is 388 g/mol. The Hall–Kier alpha value is -2.71. The molecule has 0 atom stereocenters. The SMILES string of the molecule is COc1cccc(CCNS(=O)(=O)c2ccc(N3C(=O)CCC3=O)cc2)c1. The van der Waals surface area contributed by atoms with E-state index in [-0.39, 0.29) is 36.1 Å². The zero-order chi connectivity index (χ0) is 19.4. The molecule has 1 fully saturated rings. The second-order valence-corrected chi connectivity index (χ2v) is 7.88. The number of nitrogens with zero attached hydrogens (tertiary/aromatic N) is 1. The van der Waals surface area contributed by atoms with Gasteiger partial charge in [-0.3, -0.25) is 14.5 Å². The van der Waals surface area contributed by atoms with Gasteiger partial charge in [0, 0.05) is 19.4 Å². The lowest BCUT2D eigenvalue weighted by Crippen LogP contribution is -2.29. The maximum Gasteiger partial charge on any atom is 0.240 e. The van der Waals surface area contributed by atoms with Crippen LogP contribution in [0.4, 0.5) is 5.69 Å². The second kappa shape index (κ2) is 7.89. The highest BCUT2D eigenvalue weighted by atomic mass is 32.2. The van der Waals surface area contributed by atoms with Crippen molar-refractivity contribution in [1.29, 1.82) is 0 Å². The molecule has 2 amide bonds. The molecular formula is C19H20N2O5S. The number of rotatable bonds is 7. The first-order valence-electron chi connectivity index (χ1n) is 8.49. The number of carbonyl (C=O) groups is 2. The van der Waals surface area contributed by atoms with Gasteiger partial charge in [-0.2, -0.15) is 0 Å². The molecule has 1 aliphatic heterocycles. The molecule has 142 valence electrons. The van der Waals surface area contributed by atoms with Gasteiger partial charge in [-0.15, -0.1) is 0 Å². The summed E-state index contributed by atoms with van der Waals surface area (Å²) in [6.45, 7) is 0.236. The number of benzene rings is 2. The van der Waals surface area contributed by atoms with Gasteiger partial charge in [-0.05, 0) is 48.4 Å². The van der Waals surface area contributed by atoms with Crippen LogP contribution in [0.3, 0.4) is 0 Å². The fourth-order valence-corrected chi connectivity index (χ4v) is 3.91. The van der Waals surface area contributed by atoms with E-state index in [1.165, 1.54) is 24.3 Å². The molecule has 8 heteroatoms. The van der Waals surface area contributed by atoms with Gasteiger partial charge in [0.1, 0.15) is 5.75 Å². The number of hydrogen-bond donors (Lipinski definition) is 1. The quantitative estimate of drug-likeness (QED) is 0.731. The van der Waals surface area contributed by atoms with Gasteiger partial charge in [0.15, 0.2) is 0 Å². The van der Waals surface area contributed by atoms with Crippen LogP contribution in [0.5, 0.6) is 5.75 Å². The van der Waals surface area contributed by atoms with Crippen LogP contribution in [0.1, 0.15) is 18.4 Å². The Bertz CT molecular complexity index is 938. The molecule has 0 aliphatic carbocycles. The lowest BCUT2D eigenvalue weighted by Gasteiger charge is -2.14. The highest BCUT2D eigenvalue weighted by Gasteiger charge is 2.30. The smallest absolute Gasteiger partial charge is 0.240 e. The zero-order valence-electron chi connectivity index (χ0n) is 14.8. The van der Waals surface area contributed by atoms with E-state index in [9.17, 15) is 18.0 Å². The van der Waals surface area contributed by atoms with Gasteiger partial charge in [-0.25, -0.2) is 13.1 Å². The van der Waals surface area contributed by atoms with Crippen molar-refractivity contribution in [3.63, 3.8) is 0 Å². The average molecular weight is 388 g/mol. The number of hydrogen-bond acceptors (Lipinski definition) is 5. The molecule has 0 saturated carbocycles. The summed E-state index contributed by atoms with van der Waals surface area (Å²) in [5.41, 5.74) is 1.34. The van der Waals surface area contributed by atoms with Crippen LogP contribution in [0.25, 0.3) is 0 Å². The molecule has 1 saturated heterocycles. The van der Waals surface area contributed by atoms with E-state index in [4.69, 9.17) is 4.74 Å². The maximum atomic E-state index is 12.4. The van der Waals surface area contributed by atoms with E-state index in [0.29, 0.717) is 12.1 Å². The number of amides is 2. The van der Waals surface area contributed by atoms with Crippen LogP contribution in [0, 0.1) is 0 Å². The minimum Gasteiger partial charge on any atom is -0.497 e. The summed E-state index contributed by atoms with van der Waals surface area (Å²) in [6, 6.07) is 13.1. The summed E-state index contributed by atoms with van der Waals surface area (Å²) >= 11 is 0. The normalized spacial score (nSPS) is 14.6. The molecule has 7 nitrogen and oxygen atoms in total. The first-order valence-corrected chi connectivity index (χ1v) is 9.97. The lowest BCUT2D eigenvalue weighted by atomic mass is 10.1. The van der Waals surface area contributed by atoms with Crippen LogP contribution >= 0.6 is 0 Å². The fraction of sp³-hybridized carbons (Fsp3) is 0.263. The second-order valence-electron chi connectivity index (χ2n) is 6.12. The van der Waals surface area contributed by atoms with E-state index in [1.807, 2.05) is 24.3 Å². The molecule has 0 unspecified atom stereocenters. The van der Waals surface area contributed by atoms with Crippen LogP contribution < -0.4 is 14.4 Å². The molecule has 0 aromatic heterocycles. The molecule has 3 rings (SSSR count). The standard InChI is InChI=1S/C19H20N2O5S/c1-26-16-4-2-3-14(13-16)11-12-20-27(24,25)17-7-5-15(6-8-17)21-18(22)9-10-19(21)23/h2-8,13,20H,9-12H2,1H3. The van der Waals surface area contributed by atoms with Crippen molar-refractivity contribution in [2.24, 2.45) is 0 Å². The molecule has 1 heterocycles. The van der Waals surface area contributed by atoms with Crippen molar-refractivity contribution in [2.45, 2.75) is 24.2 Å². The van der Waals surface area contributed by atoms with Crippen LogP contribution in [-0.4, -0.2) is 33.9 Å². The Kier molecular flexibility index (Phi) is 5.57. The summed E-state index contributed by atoms with van der Waals surface area (Å²) in [5, 5.41) is 0. The van der Waals surface area contributed by atoms with Crippen molar-refractivity contribution in [2.75, 3.05) is 18.6 Å². The minimum absolute atomic E-state index is 0.0796. The topological polar surface area (TPSA) is 92.8 Å². The molecule has 27 heavy (non-hydrogen) atoms. The van der Waals surface area contributed by atoms with Crippen molar-refractivity contribution < 1.29 is 22.7 Å². The van der Waals surface area contributed by atoms with Crippen LogP contribution in [-0.2, 0) is 26.0 Å². The van der Waals surface area contributed by atoms with Gasteiger partial charge < -0.3 is 4.74 Å². The summed E-state index contributed by atoms with van der Waals surface area (Å²) in [4.78, 5) is 24.7. The third-order valence-electron chi connectivity index (χ3n) is 4.30. The summed E-state index contributed by atoms with van der Waals surface area (Å²) in [5.74, 6) is 0.177. The Balaban J connectivity index is 1.64. The summed E-state index contributed by atoms with van der Waals surface area (Å²) in [7, 11) is -2.10.